The van der Waals surface area contributed by atoms with Gasteiger partial charge in [-0.25, -0.2) is 0 Å². The van der Waals surface area contributed by atoms with Crippen LogP contribution in [0.25, 0.3) is 0 Å². The Labute approximate surface area is 104 Å². The molecule has 1 aromatic carbocycles. The van der Waals surface area contributed by atoms with Crippen LogP contribution in [0.4, 0.5) is 13.2 Å². The molecule has 0 fully saturated rings. The summed E-state index contributed by atoms with van der Waals surface area (Å²) in [4.78, 5) is 0. The monoisotopic (exact) mass is 263 g/mol. The maximum Gasteiger partial charge on any atom is 0.416 e. The van der Waals surface area contributed by atoms with Crippen LogP contribution >= 0.6 is 0 Å². The SMILES string of the molecule is CNCCc1c(C(F)(F)F)ccc(OC)c1OC. The molecule has 0 amide bonds. The molecule has 0 aliphatic carbocycles. The van der Waals surface area contributed by atoms with Gasteiger partial charge in [0.25, 0.3) is 0 Å². The van der Waals surface area contributed by atoms with Crippen LogP contribution in [0.5, 0.6) is 11.5 Å². The van der Waals surface area contributed by atoms with Gasteiger partial charge < -0.3 is 14.8 Å². The predicted molar refractivity (Wildman–Crippen MR) is 62.2 cm³/mol. The first-order valence-electron chi connectivity index (χ1n) is 5.41. The first-order chi connectivity index (χ1) is 8.45. The van der Waals surface area contributed by atoms with Crippen LogP contribution in [0, 0.1) is 0 Å². The maximum atomic E-state index is 12.9. The van der Waals surface area contributed by atoms with Crippen molar-refractivity contribution >= 4 is 0 Å². The summed E-state index contributed by atoms with van der Waals surface area (Å²) in [6, 6.07) is 2.29. The van der Waals surface area contributed by atoms with Gasteiger partial charge in [0.2, 0.25) is 0 Å². The fraction of sp³-hybridized carbons (Fsp3) is 0.500. The molecular weight excluding hydrogens is 247 g/mol. The van der Waals surface area contributed by atoms with Crippen LogP contribution in [-0.2, 0) is 12.6 Å². The molecule has 0 heterocycles. The molecule has 0 bridgehead atoms. The van der Waals surface area contributed by atoms with E-state index in [0.717, 1.165) is 6.07 Å². The van der Waals surface area contributed by atoms with Crippen LogP contribution in [0.3, 0.4) is 0 Å². The first-order valence-corrected chi connectivity index (χ1v) is 5.41. The molecule has 0 aromatic heterocycles. The summed E-state index contributed by atoms with van der Waals surface area (Å²) < 4.78 is 48.8. The van der Waals surface area contributed by atoms with E-state index in [9.17, 15) is 13.2 Å². The second kappa shape index (κ2) is 5.95. The van der Waals surface area contributed by atoms with E-state index in [1.54, 1.807) is 7.05 Å². The number of methoxy groups -OCH3 is 2. The van der Waals surface area contributed by atoms with Crippen LogP contribution in [0.15, 0.2) is 12.1 Å². The van der Waals surface area contributed by atoms with E-state index in [2.05, 4.69) is 5.32 Å². The first kappa shape index (κ1) is 14.6. The number of nitrogens with one attached hydrogen (secondary N) is 1. The Balaban J connectivity index is 3.34. The van der Waals surface area contributed by atoms with Crippen LogP contribution in [0.2, 0.25) is 0 Å². The minimum absolute atomic E-state index is 0.110. The van der Waals surface area contributed by atoms with Gasteiger partial charge in [-0.15, -0.1) is 0 Å². The number of ether oxygens (including phenoxy) is 2. The van der Waals surface area contributed by atoms with E-state index in [-0.39, 0.29) is 17.7 Å². The Hall–Kier alpha value is -1.43. The number of rotatable bonds is 5. The van der Waals surface area contributed by atoms with Crippen molar-refractivity contribution in [3.8, 4) is 11.5 Å². The quantitative estimate of drug-likeness (QED) is 0.885. The summed E-state index contributed by atoms with van der Waals surface area (Å²) in [6.07, 6.45) is -4.19. The average molecular weight is 263 g/mol. The summed E-state index contributed by atoms with van der Waals surface area (Å²) in [7, 11) is 4.41. The average Bonchev–Trinajstić information content (AvgIpc) is 2.33. The van der Waals surface area contributed by atoms with E-state index in [4.69, 9.17) is 9.47 Å². The smallest absolute Gasteiger partial charge is 0.416 e. The van der Waals surface area contributed by atoms with Gasteiger partial charge in [0.05, 0.1) is 19.8 Å². The third kappa shape index (κ3) is 3.07. The Kier molecular flexibility index (Phi) is 4.84. The number of halogens is 3. The Bertz CT molecular complexity index is 405. The molecule has 1 aromatic rings. The molecular formula is C12H16F3NO2. The molecule has 102 valence electrons. The normalized spacial score (nSPS) is 11.4. The standard InChI is InChI=1S/C12H16F3NO2/c1-16-7-6-8-9(12(13,14)15)4-5-10(17-2)11(8)18-3/h4-5,16H,6-7H2,1-3H3. The molecule has 18 heavy (non-hydrogen) atoms. The van der Waals surface area contributed by atoms with E-state index in [1.807, 2.05) is 0 Å². The highest BCUT2D eigenvalue weighted by Crippen LogP contribution is 2.40. The zero-order valence-corrected chi connectivity index (χ0v) is 10.5. The molecule has 0 aliphatic heterocycles. The summed E-state index contributed by atoms with van der Waals surface area (Å²) in [5, 5.41) is 2.82. The van der Waals surface area contributed by atoms with Crippen molar-refractivity contribution < 1.29 is 22.6 Å². The number of hydrogen-bond donors (Lipinski definition) is 1. The topological polar surface area (TPSA) is 30.5 Å². The van der Waals surface area contributed by atoms with Crippen LogP contribution < -0.4 is 14.8 Å². The molecule has 1 rings (SSSR count). The summed E-state index contributed by atoms with van der Waals surface area (Å²) in [5.41, 5.74) is -0.575. The Morgan fingerprint density at radius 1 is 1.17 bits per heavy atom. The Morgan fingerprint density at radius 2 is 1.83 bits per heavy atom. The highest BCUT2D eigenvalue weighted by molar-refractivity contribution is 5.52. The molecule has 0 aliphatic rings. The van der Waals surface area contributed by atoms with Gasteiger partial charge >= 0.3 is 6.18 Å². The van der Waals surface area contributed by atoms with Gasteiger partial charge in [-0.3, -0.25) is 0 Å². The number of alkyl halides is 3. The highest BCUT2D eigenvalue weighted by Gasteiger charge is 2.35. The van der Waals surface area contributed by atoms with E-state index >= 15 is 0 Å². The number of benzene rings is 1. The molecule has 1 N–H and O–H groups in total. The van der Waals surface area contributed by atoms with Crippen molar-refractivity contribution in [1.82, 2.24) is 5.32 Å². The van der Waals surface area contributed by atoms with Gasteiger partial charge in [-0.05, 0) is 32.1 Å². The Morgan fingerprint density at radius 3 is 2.28 bits per heavy atom. The third-order valence-corrected chi connectivity index (χ3v) is 2.58. The molecule has 0 spiro atoms. The van der Waals surface area contributed by atoms with Gasteiger partial charge in [0.15, 0.2) is 11.5 Å². The summed E-state index contributed by atoms with van der Waals surface area (Å²) >= 11 is 0. The largest absolute Gasteiger partial charge is 0.493 e. The fourth-order valence-electron chi connectivity index (χ4n) is 1.75. The molecule has 0 saturated carbocycles. The predicted octanol–water partition coefficient (Wildman–Crippen LogP) is 2.48. The van der Waals surface area contributed by atoms with Gasteiger partial charge in [-0.1, -0.05) is 0 Å². The van der Waals surface area contributed by atoms with Crippen molar-refractivity contribution in [2.24, 2.45) is 0 Å². The van der Waals surface area contributed by atoms with E-state index in [1.165, 1.54) is 20.3 Å². The van der Waals surface area contributed by atoms with Crippen molar-refractivity contribution in [2.75, 3.05) is 27.8 Å². The second-order valence-electron chi connectivity index (χ2n) is 3.68. The summed E-state index contributed by atoms with van der Waals surface area (Å²) in [5.74, 6) is 0.444. The number of hydrogen-bond acceptors (Lipinski definition) is 3. The fourth-order valence-corrected chi connectivity index (χ4v) is 1.75. The summed E-state index contributed by atoms with van der Waals surface area (Å²) in [6.45, 7) is 0.423. The number of likely N-dealkylation sites (N-methyl/N-ethyl adjacent to an activating group) is 1. The van der Waals surface area contributed by atoms with E-state index < -0.39 is 11.7 Å². The molecule has 6 heteroatoms. The minimum atomic E-state index is -4.40. The molecule has 0 unspecified atom stereocenters. The van der Waals surface area contributed by atoms with E-state index in [0.29, 0.717) is 12.3 Å². The molecule has 0 radical (unpaired) electrons. The lowest BCUT2D eigenvalue weighted by Crippen LogP contribution is -2.16. The molecule has 3 nitrogen and oxygen atoms in total. The molecule has 0 saturated heterocycles. The van der Waals surface area contributed by atoms with Crippen molar-refractivity contribution in [3.05, 3.63) is 23.3 Å². The zero-order valence-electron chi connectivity index (χ0n) is 10.5. The van der Waals surface area contributed by atoms with Gasteiger partial charge in [0, 0.05) is 5.56 Å². The highest BCUT2D eigenvalue weighted by atomic mass is 19.4. The van der Waals surface area contributed by atoms with Crippen molar-refractivity contribution in [2.45, 2.75) is 12.6 Å². The lowest BCUT2D eigenvalue weighted by atomic mass is 10.0. The maximum absolute atomic E-state index is 12.9. The van der Waals surface area contributed by atoms with Crippen LogP contribution in [-0.4, -0.2) is 27.8 Å². The second-order valence-corrected chi connectivity index (χ2v) is 3.68. The molecule has 0 atom stereocenters. The minimum Gasteiger partial charge on any atom is -0.493 e. The lowest BCUT2D eigenvalue weighted by molar-refractivity contribution is -0.138. The lowest BCUT2D eigenvalue weighted by Gasteiger charge is -2.18. The zero-order chi connectivity index (χ0) is 13.8. The third-order valence-electron chi connectivity index (χ3n) is 2.58. The van der Waals surface area contributed by atoms with Gasteiger partial charge in [-0.2, -0.15) is 13.2 Å². The van der Waals surface area contributed by atoms with Gasteiger partial charge in [0.1, 0.15) is 0 Å². The van der Waals surface area contributed by atoms with Crippen molar-refractivity contribution in [1.29, 1.82) is 0 Å². The van der Waals surface area contributed by atoms with Crippen LogP contribution in [0.1, 0.15) is 11.1 Å². The van der Waals surface area contributed by atoms with Crippen molar-refractivity contribution in [3.63, 3.8) is 0 Å².